The Morgan fingerprint density at radius 3 is 2.42 bits per heavy atom. The van der Waals surface area contributed by atoms with Crippen LogP contribution >= 0.6 is 11.6 Å². The topological polar surface area (TPSA) is 78.9 Å². The first kappa shape index (κ1) is 28.1. The van der Waals surface area contributed by atoms with E-state index < -0.39 is 27.9 Å². The fourth-order valence-corrected chi connectivity index (χ4v) is 5.46. The quantitative estimate of drug-likeness (QED) is 0.524. The number of carbonyl (C=O) groups is 1. The van der Waals surface area contributed by atoms with Crippen LogP contribution in [0, 0.1) is 0 Å². The van der Waals surface area contributed by atoms with Crippen molar-refractivity contribution in [1.82, 2.24) is 10.2 Å². The number of piperidine rings is 1. The van der Waals surface area contributed by atoms with E-state index >= 15 is 0 Å². The third-order valence-electron chi connectivity index (χ3n) is 6.12. The van der Waals surface area contributed by atoms with Gasteiger partial charge in [-0.05, 0) is 62.8 Å². The lowest BCUT2D eigenvalue weighted by molar-refractivity contribution is -0.274. The second-order valence-corrected chi connectivity index (χ2v) is 11.5. The lowest BCUT2D eigenvalue weighted by atomic mass is 10.0. The normalized spacial score (nSPS) is 15.3. The van der Waals surface area contributed by atoms with Crippen LogP contribution in [0.2, 0.25) is 5.02 Å². The van der Waals surface area contributed by atoms with Crippen molar-refractivity contribution in [3.63, 3.8) is 0 Å². The van der Waals surface area contributed by atoms with Crippen LogP contribution in [-0.2, 0) is 16.4 Å². The van der Waals surface area contributed by atoms with E-state index in [0.717, 1.165) is 18.9 Å². The Balaban J connectivity index is 1.86. The molecule has 0 radical (unpaired) electrons. The molecule has 12 heteroatoms. The summed E-state index contributed by atoms with van der Waals surface area (Å²) in [5, 5.41) is 2.89. The van der Waals surface area contributed by atoms with Crippen LogP contribution in [0.5, 0.6) is 5.75 Å². The third kappa shape index (κ3) is 7.27. The van der Waals surface area contributed by atoms with Crippen molar-refractivity contribution in [3.8, 4) is 5.75 Å². The highest BCUT2D eigenvalue weighted by Crippen LogP contribution is 2.31. The zero-order chi connectivity index (χ0) is 26.7. The Morgan fingerprint density at radius 1 is 1.17 bits per heavy atom. The van der Waals surface area contributed by atoms with E-state index in [2.05, 4.69) is 15.0 Å². The van der Waals surface area contributed by atoms with E-state index in [1.54, 1.807) is 0 Å². The summed E-state index contributed by atoms with van der Waals surface area (Å²) in [6, 6.07) is 8.41. The first-order valence-electron chi connectivity index (χ1n) is 11.4. The minimum absolute atomic E-state index is 0.0355. The van der Waals surface area contributed by atoms with Gasteiger partial charge >= 0.3 is 6.36 Å². The Kier molecular flexibility index (Phi) is 8.79. The maximum Gasteiger partial charge on any atom is 0.573 e. The van der Waals surface area contributed by atoms with Gasteiger partial charge in [-0.25, -0.2) is 8.42 Å². The van der Waals surface area contributed by atoms with Gasteiger partial charge in [-0.15, -0.1) is 13.2 Å². The SMILES string of the molecule is CCS(=O)(=O)c1ccc(Cl)cc1CNC(=O)c1cc(OC(F)(F)F)cc(N2CCC(N(C)C)CC2)c1. The number of ether oxygens (including phenoxy) is 1. The van der Waals surface area contributed by atoms with Crippen LogP contribution in [0.1, 0.15) is 35.7 Å². The summed E-state index contributed by atoms with van der Waals surface area (Å²) in [5.41, 5.74) is 0.686. The van der Waals surface area contributed by atoms with Gasteiger partial charge in [0.25, 0.3) is 5.91 Å². The molecule has 3 rings (SSSR count). The molecule has 0 bridgehead atoms. The van der Waals surface area contributed by atoms with Gasteiger partial charge in [-0.3, -0.25) is 4.79 Å². The van der Waals surface area contributed by atoms with Crippen molar-refractivity contribution in [2.75, 3.05) is 37.8 Å². The van der Waals surface area contributed by atoms with Crippen LogP contribution in [-0.4, -0.2) is 64.6 Å². The molecule has 36 heavy (non-hydrogen) atoms. The first-order valence-corrected chi connectivity index (χ1v) is 13.4. The summed E-state index contributed by atoms with van der Waals surface area (Å²) in [4.78, 5) is 17.0. The first-order chi connectivity index (χ1) is 16.8. The number of amides is 1. The molecule has 1 fully saturated rings. The van der Waals surface area contributed by atoms with Crippen molar-refractivity contribution in [3.05, 3.63) is 52.5 Å². The highest BCUT2D eigenvalue weighted by atomic mass is 35.5. The molecule has 7 nitrogen and oxygen atoms in total. The van der Waals surface area contributed by atoms with Gasteiger partial charge in [-0.1, -0.05) is 18.5 Å². The number of benzene rings is 2. The van der Waals surface area contributed by atoms with Gasteiger partial charge in [0, 0.05) is 48.0 Å². The Labute approximate surface area is 214 Å². The number of hydrogen-bond acceptors (Lipinski definition) is 6. The molecule has 1 aliphatic rings. The van der Waals surface area contributed by atoms with Gasteiger partial charge in [0.15, 0.2) is 9.84 Å². The summed E-state index contributed by atoms with van der Waals surface area (Å²) >= 11 is 6.02. The standard InChI is InChI=1S/C24H29ClF3N3O4S/c1-4-36(33,34)22-6-5-18(25)11-17(22)15-29-23(32)16-12-20(14-21(13-16)35-24(26,27)28)31-9-7-19(8-10-31)30(2)3/h5-6,11-14,19H,4,7-10,15H2,1-3H3,(H,29,32). The van der Waals surface area contributed by atoms with Crippen LogP contribution in [0.3, 0.4) is 0 Å². The predicted molar refractivity (Wildman–Crippen MR) is 132 cm³/mol. The fourth-order valence-electron chi connectivity index (χ4n) is 4.15. The molecule has 0 unspecified atom stereocenters. The zero-order valence-corrected chi connectivity index (χ0v) is 21.8. The molecule has 1 N–H and O–H groups in total. The highest BCUT2D eigenvalue weighted by Gasteiger charge is 2.32. The van der Waals surface area contributed by atoms with Crippen molar-refractivity contribution in [1.29, 1.82) is 0 Å². The van der Waals surface area contributed by atoms with E-state index in [1.807, 2.05) is 19.0 Å². The van der Waals surface area contributed by atoms with E-state index in [4.69, 9.17) is 11.6 Å². The predicted octanol–water partition coefficient (Wildman–Crippen LogP) is 4.49. The summed E-state index contributed by atoms with van der Waals surface area (Å²) in [6.07, 6.45) is -3.28. The molecule has 2 aromatic rings. The number of rotatable bonds is 8. The summed E-state index contributed by atoms with van der Waals surface area (Å²) in [5.74, 6) is -1.32. The average Bonchev–Trinajstić information content (AvgIpc) is 2.81. The lowest BCUT2D eigenvalue weighted by Gasteiger charge is -2.36. The zero-order valence-electron chi connectivity index (χ0n) is 20.2. The van der Waals surface area contributed by atoms with Gasteiger partial charge in [0.2, 0.25) is 0 Å². The second kappa shape index (κ2) is 11.3. The molecule has 0 saturated carbocycles. The molecule has 198 valence electrons. The van der Waals surface area contributed by atoms with E-state index in [0.29, 0.717) is 29.8 Å². The minimum Gasteiger partial charge on any atom is -0.406 e. The number of alkyl halides is 3. The molecular formula is C24H29ClF3N3O4S. The van der Waals surface area contributed by atoms with Crippen LogP contribution in [0.25, 0.3) is 0 Å². The number of nitrogens with one attached hydrogen (secondary N) is 1. The number of sulfone groups is 1. The molecule has 1 amide bonds. The van der Waals surface area contributed by atoms with Crippen LogP contribution in [0.15, 0.2) is 41.3 Å². The Bertz CT molecular complexity index is 1200. The maximum atomic E-state index is 13.0. The van der Waals surface area contributed by atoms with Crippen LogP contribution < -0.4 is 15.0 Å². The maximum absolute atomic E-state index is 13.0. The van der Waals surface area contributed by atoms with Crippen molar-refractivity contribution in [2.24, 2.45) is 0 Å². The molecule has 2 aromatic carbocycles. The van der Waals surface area contributed by atoms with E-state index in [9.17, 15) is 26.4 Å². The van der Waals surface area contributed by atoms with E-state index in [-0.39, 0.29) is 28.3 Å². The molecular weight excluding hydrogens is 519 g/mol. The van der Waals surface area contributed by atoms with Crippen molar-refractivity contribution < 1.29 is 31.1 Å². The number of halogens is 4. The van der Waals surface area contributed by atoms with Crippen molar-refractivity contribution in [2.45, 2.75) is 43.6 Å². The lowest BCUT2D eigenvalue weighted by Crippen LogP contribution is -2.42. The second-order valence-electron chi connectivity index (χ2n) is 8.78. The highest BCUT2D eigenvalue weighted by molar-refractivity contribution is 7.91. The Morgan fingerprint density at radius 2 is 1.83 bits per heavy atom. The molecule has 1 heterocycles. The number of anilines is 1. The number of hydrogen-bond donors (Lipinski definition) is 1. The van der Waals surface area contributed by atoms with Crippen molar-refractivity contribution >= 4 is 33.0 Å². The molecule has 1 saturated heterocycles. The summed E-state index contributed by atoms with van der Waals surface area (Å²) in [7, 11) is 0.385. The third-order valence-corrected chi connectivity index (χ3v) is 8.19. The van der Waals surface area contributed by atoms with Gasteiger partial charge in [0.05, 0.1) is 10.6 Å². The minimum atomic E-state index is -4.92. The van der Waals surface area contributed by atoms with E-state index in [1.165, 1.54) is 37.3 Å². The smallest absolute Gasteiger partial charge is 0.406 e. The van der Waals surface area contributed by atoms with Gasteiger partial charge in [0.1, 0.15) is 5.75 Å². The summed E-state index contributed by atoms with van der Waals surface area (Å²) < 4.78 is 67.9. The average molecular weight is 548 g/mol. The van der Waals surface area contributed by atoms with Gasteiger partial charge in [-0.2, -0.15) is 0 Å². The fraction of sp³-hybridized carbons (Fsp3) is 0.458. The largest absolute Gasteiger partial charge is 0.573 e. The molecule has 0 atom stereocenters. The number of nitrogens with zero attached hydrogens (tertiary/aromatic N) is 2. The number of carbonyl (C=O) groups excluding carboxylic acids is 1. The molecule has 0 aliphatic carbocycles. The van der Waals surface area contributed by atoms with Gasteiger partial charge < -0.3 is 19.9 Å². The summed E-state index contributed by atoms with van der Waals surface area (Å²) in [6.45, 7) is 2.55. The molecule has 0 aromatic heterocycles. The molecule has 0 spiro atoms. The Hall–Kier alpha value is -2.50. The molecule has 1 aliphatic heterocycles. The monoisotopic (exact) mass is 547 g/mol. The van der Waals surface area contributed by atoms with Crippen LogP contribution in [0.4, 0.5) is 18.9 Å².